The number of nitriles is 2. The van der Waals surface area contributed by atoms with Gasteiger partial charge in [-0.05, 0) is 66.1 Å². The molecule has 4 aliphatic rings. The summed E-state index contributed by atoms with van der Waals surface area (Å²) in [6, 6.07) is 23.1. The van der Waals surface area contributed by atoms with E-state index in [1.165, 1.54) is 9.80 Å². The fourth-order valence-electron chi connectivity index (χ4n) is 7.15. The maximum absolute atomic E-state index is 13.2. The predicted octanol–water partition coefficient (Wildman–Crippen LogP) is 6.30. The summed E-state index contributed by atoms with van der Waals surface area (Å²) in [7, 11) is 0. The second kappa shape index (κ2) is 16.4. The molecule has 8 rings (SSSR count). The van der Waals surface area contributed by atoms with Crippen LogP contribution in [0.5, 0.6) is 11.5 Å². The van der Waals surface area contributed by atoms with Crippen molar-refractivity contribution in [2.24, 2.45) is 0 Å². The zero-order valence-electron chi connectivity index (χ0n) is 30.9. The van der Waals surface area contributed by atoms with Crippen LogP contribution >= 0.6 is 0 Å². The van der Waals surface area contributed by atoms with Gasteiger partial charge in [0, 0.05) is 12.4 Å². The van der Waals surface area contributed by atoms with Gasteiger partial charge in [-0.15, -0.1) is 0 Å². The van der Waals surface area contributed by atoms with Crippen LogP contribution in [0.25, 0.3) is 11.4 Å². The van der Waals surface area contributed by atoms with Crippen molar-refractivity contribution < 1.29 is 28.7 Å². The molecular formula is C43H36N8O6. The Morgan fingerprint density at radius 3 is 1.68 bits per heavy atom. The first-order valence-corrected chi connectivity index (χ1v) is 18.3. The van der Waals surface area contributed by atoms with E-state index in [1.54, 1.807) is 60.9 Å². The monoisotopic (exact) mass is 760 g/mol. The summed E-state index contributed by atoms with van der Waals surface area (Å²) in [6.45, 7) is 6.33. The number of ether oxygens (including phenoxy) is 2. The molecule has 2 N–H and O–H groups in total. The highest BCUT2D eigenvalue weighted by Crippen LogP contribution is 2.44. The number of aromatic nitrogens is 2. The molecular weight excluding hydrogens is 725 g/mol. The molecule has 14 heteroatoms. The van der Waals surface area contributed by atoms with Gasteiger partial charge < -0.3 is 20.1 Å². The lowest BCUT2D eigenvalue weighted by molar-refractivity contribution is 0.101. The van der Waals surface area contributed by atoms with E-state index in [4.69, 9.17) is 14.7 Å². The Hall–Kier alpha value is -7.58. The second-order valence-electron chi connectivity index (χ2n) is 13.2. The minimum Gasteiger partial charge on any atom is -0.494 e. The van der Waals surface area contributed by atoms with Crippen molar-refractivity contribution in [2.45, 2.75) is 31.8 Å². The van der Waals surface area contributed by atoms with Crippen molar-refractivity contribution in [1.29, 1.82) is 10.5 Å². The molecule has 0 saturated carbocycles. The van der Waals surface area contributed by atoms with Crippen LogP contribution in [-0.2, 0) is 0 Å². The summed E-state index contributed by atoms with van der Waals surface area (Å²) in [5, 5.41) is 24.0. The Morgan fingerprint density at radius 1 is 0.737 bits per heavy atom. The Kier molecular flexibility index (Phi) is 10.9. The van der Waals surface area contributed by atoms with Gasteiger partial charge in [-0.1, -0.05) is 50.3 Å². The third-order valence-electron chi connectivity index (χ3n) is 9.67. The highest BCUT2D eigenvalue weighted by atomic mass is 16.5. The van der Waals surface area contributed by atoms with E-state index < -0.39 is 24.1 Å². The number of carbonyl (C=O) groups excluding carboxylic acids is 4. The minimum atomic E-state index is -0.661. The summed E-state index contributed by atoms with van der Waals surface area (Å²) in [6.07, 6.45) is 6.76. The Bertz CT molecular complexity index is 2460. The number of hydrogen-bond acceptors (Lipinski definition) is 10. The van der Waals surface area contributed by atoms with Crippen LogP contribution in [0.3, 0.4) is 0 Å². The van der Waals surface area contributed by atoms with Crippen LogP contribution in [0.2, 0.25) is 0 Å². The SMILES string of the molecule is C=CCOc1cccc(C2NC(=O)N(CC#N)C3=C2C(=O)c2cccnc23)c1.CCCCOc1cccc(C2NC(=O)N(CC#N)C3=C2C(=O)c2cccnc23)c1. The number of unbranched alkanes of at least 4 members (excludes halogenated alkanes) is 1. The van der Waals surface area contributed by atoms with Crippen molar-refractivity contribution in [1.82, 2.24) is 30.4 Å². The standard InChI is InChI=1S/C22H20N4O3.C21H16N4O3/c1-2-3-12-29-15-7-4-6-14(13-15)18-17-20(26(11-9-23)22(28)25-18)19-16(21(17)27)8-5-10-24-19;1-2-11-28-14-6-3-5-13(12-14)17-16-19(25(10-8-22)21(27)24-17)18-15(20(16)26)7-4-9-23-18/h4-8,10,13,18H,2-3,11-12H2,1H3,(H,25,28);2-7,9,12,17H,1,10-11H2,(H,24,27). The normalized spacial score (nSPS) is 17.5. The highest BCUT2D eigenvalue weighted by molar-refractivity contribution is 6.23. The molecule has 0 fully saturated rings. The first-order chi connectivity index (χ1) is 27.8. The number of hydrogen-bond donors (Lipinski definition) is 2. The van der Waals surface area contributed by atoms with Crippen LogP contribution in [0.4, 0.5) is 9.59 Å². The van der Waals surface area contributed by atoms with Gasteiger partial charge in [-0.3, -0.25) is 29.4 Å². The van der Waals surface area contributed by atoms with Gasteiger partial charge in [0.15, 0.2) is 11.6 Å². The van der Waals surface area contributed by atoms with Crippen LogP contribution in [0, 0.1) is 22.7 Å². The number of fused-ring (bicyclic) bond motifs is 4. The van der Waals surface area contributed by atoms with Gasteiger partial charge in [0.25, 0.3) is 0 Å². The molecule has 4 heterocycles. The van der Waals surface area contributed by atoms with Gasteiger partial charge >= 0.3 is 12.1 Å². The fourth-order valence-corrected chi connectivity index (χ4v) is 7.15. The molecule has 0 spiro atoms. The summed E-state index contributed by atoms with van der Waals surface area (Å²) >= 11 is 0. The molecule has 2 atom stereocenters. The average Bonchev–Trinajstić information content (AvgIpc) is 3.70. The molecule has 2 aliphatic carbocycles. The van der Waals surface area contributed by atoms with E-state index in [0.29, 0.717) is 75.3 Å². The molecule has 57 heavy (non-hydrogen) atoms. The van der Waals surface area contributed by atoms with Gasteiger partial charge in [0.2, 0.25) is 0 Å². The van der Waals surface area contributed by atoms with Crippen molar-refractivity contribution >= 4 is 35.0 Å². The molecule has 2 unspecified atom stereocenters. The molecule has 4 amide bonds. The number of carbonyl (C=O) groups is 4. The third kappa shape index (κ3) is 7.08. The molecule has 0 saturated heterocycles. The van der Waals surface area contributed by atoms with E-state index in [-0.39, 0.29) is 24.7 Å². The van der Waals surface area contributed by atoms with Crippen molar-refractivity contribution in [2.75, 3.05) is 26.3 Å². The number of rotatable bonds is 11. The average molecular weight is 761 g/mol. The van der Waals surface area contributed by atoms with Crippen molar-refractivity contribution in [3.8, 4) is 23.6 Å². The maximum Gasteiger partial charge on any atom is 0.323 e. The maximum atomic E-state index is 13.2. The van der Waals surface area contributed by atoms with Gasteiger partial charge in [0.05, 0.1) is 75.9 Å². The summed E-state index contributed by atoms with van der Waals surface area (Å²) in [4.78, 5) is 63.0. The highest BCUT2D eigenvalue weighted by Gasteiger charge is 2.46. The van der Waals surface area contributed by atoms with Gasteiger partial charge in [0.1, 0.15) is 31.2 Å². The Balaban J connectivity index is 0.000000174. The van der Waals surface area contributed by atoms with E-state index in [2.05, 4.69) is 34.1 Å². The first kappa shape index (κ1) is 37.7. The zero-order chi connectivity index (χ0) is 40.1. The lowest BCUT2D eigenvalue weighted by atomic mass is 9.94. The summed E-state index contributed by atoms with van der Waals surface area (Å²) in [5.74, 6) is 0.902. The number of ketones is 2. The number of Topliss-reactive ketones (excluding diaryl/α,β-unsaturated/α-hetero) is 2. The van der Waals surface area contributed by atoms with Crippen molar-refractivity contribution in [3.63, 3.8) is 0 Å². The molecule has 2 aliphatic heterocycles. The molecule has 0 bridgehead atoms. The second-order valence-corrected chi connectivity index (χ2v) is 13.2. The first-order valence-electron chi connectivity index (χ1n) is 18.3. The fraction of sp³-hybridized carbons (Fsp3) is 0.209. The number of pyridine rings is 2. The van der Waals surface area contributed by atoms with E-state index in [9.17, 15) is 24.4 Å². The van der Waals surface area contributed by atoms with E-state index in [0.717, 1.165) is 18.4 Å². The largest absolute Gasteiger partial charge is 0.494 e. The van der Waals surface area contributed by atoms with E-state index >= 15 is 0 Å². The molecule has 2 aromatic carbocycles. The van der Waals surface area contributed by atoms with Gasteiger partial charge in [-0.25, -0.2) is 9.59 Å². The third-order valence-corrected chi connectivity index (χ3v) is 9.67. The van der Waals surface area contributed by atoms with Crippen LogP contribution in [0.15, 0.2) is 109 Å². The molecule has 2 aromatic heterocycles. The predicted molar refractivity (Wildman–Crippen MR) is 207 cm³/mol. The number of amides is 4. The zero-order valence-corrected chi connectivity index (χ0v) is 30.9. The van der Waals surface area contributed by atoms with E-state index in [1.807, 2.05) is 42.5 Å². The molecule has 284 valence electrons. The number of nitrogens with one attached hydrogen (secondary N) is 2. The summed E-state index contributed by atoms with van der Waals surface area (Å²) < 4.78 is 11.4. The lowest BCUT2D eigenvalue weighted by Crippen LogP contribution is -2.46. The Labute approximate surface area is 328 Å². The van der Waals surface area contributed by atoms with Crippen molar-refractivity contribution in [3.05, 3.63) is 143 Å². The molecule has 14 nitrogen and oxygen atoms in total. The number of benzene rings is 2. The van der Waals surface area contributed by atoms with Gasteiger partial charge in [-0.2, -0.15) is 10.5 Å². The van der Waals surface area contributed by atoms with Crippen LogP contribution in [-0.4, -0.2) is 69.7 Å². The topological polar surface area (TPSA) is 191 Å². The summed E-state index contributed by atoms with van der Waals surface area (Å²) in [5.41, 5.74) is 4.84. The quantitative estimate of drug-likeness (QED) is 0.0997. The molecule has 0 radical (unpaired) electrons. The smallest absolute Gasteiger partial charge is 0.323 e. The minimum absolute atomic E-state index is 0.166. The number of urea groups is 2. The number of nitrogens with zero attached hydrogens (tertiary/aromatic N) is 6. The molecule has 4 aromatic rings. The van der Waals surface area contributed by atoms with Crippen LogP contribution < -0.4 is 20.1 Å². The lowest BCUT2D eigenvalue weighted by Gasteiger charge is -2.32. The van der Waals surface area contributed by atoms with Crippen LogP contribution in [0.1, 0.15) is 75.1 Å². The Morgan fingerprint density at radius 2 is 1.23 bits per heavy atom.